The number of carbonyl (C=O) groups is 1. The van der Waals surface area contributed by atoms with Crippen LogP contribution in [0.1, 0.15) is 22.2 Å². The summed E-state index contributed by atoms with van der Waals surface area (Å²) >= 11 is 1.79. The Bertz CT molecular complexity index is 352. The average Bonchev–Trinajstić information content (AvgIpc) is 2.39. The van der Waals surface area contributed by atoms with Gasteiger partial charge in [0, 0.05) is 23.2 Å². The molecule has 1 aromatic heterocycles. The fraction of sp³-hybridized carbons (Fsp3) is 0.364. The van der Waals surface area contributed by atoms with Crippen LogP contribution in [0.25, 0.3) is 6.08 Å². The molecule has 1 heterocycles. The Morgan fingerprint density at radius 1 is 1.57 bits per heavy atom. The van der Waals surface area contributed by atoms with E-state index in [1.54, 1.807) is 11.3 Å². The molecule has 0 saturated heterocycles. The summed E-state index contributed by atoms with van der Waals surface area (Å²) in [5.74, 6) is 0.00729. The zero-order chi connectivity index (χ0) is 10.6. The molecule has 1 N–H and O–H groups in total. The third-order valence-corrected chi connectivity index (χ3v) is 2.83. The highest BCUT2D eigenvalue weighted by Crippen LogP contribution is 2.21. The summed E-state index contributed by atoms with van der Waals surface area (Å²) in [4.78, 5) is 13.2. The van der Waals surface area contributed by atoms with Gasteiger partial charge in [0.05, 0.1) is 0 Å². The first-order valence-electron chi connectivity index (χ1n) is 4.57. The minimum atomic E-state index is 0.00729. The topological polar surface area (TPSA) is 29.1 Å². The van der Waals surface area contributed by atoms with Crippen LogP contribution in [0, 0.1) is 13.8 Å². The minimum Gasteiger partial charge on any atom is -0.353 e. The quantitative estimate of drug-likeness (QED) is 0.814. The van der Waals surface area contributed by atoms with E-state index in [0.29, 0.717) is 6.54 Å². The first-order chi connectivity index (χ1) is 6.59. The molecule has 2 nitrogen and oxygen atoms in total. The van der Waals surface area contributed by atoms with Crippen molar-refractivity contribution in [2.24, 2.45) is 0 Å². The van der Waals surface area contributed by atoms with E-state index in [4.69, 9.17) is 0 Å². The predicted octanol–water partition coefficient (Wildman–Crippen LogP) is 2.51. The lowest BCUT2D eigenvalue weighted by atomic mass is 10.2. The zero-order valence-corrected chi connectivity index (χ0v) is 9.57. The van der Waals surface area contributed by atoms with Gasteiger partial charge in [-0.25, -0.2) is 0 Å². The molecule has 1 amide bonds. The van der Waals surface area contributed by atoms with Gasteiger partial charge in [-0.15, -0.1) is 11.3 Å². The number of thiophene rings is 1. The molecule has 0 aliphatic heterocycles. The molecule has 14 heavy (non-hydrogen) atoms. The number of carbonyl (C=O) groups excluding carboxylic acids is 1. The van der Waals surface area contributed by atoms with Gasteiger partial charge in [-0.3, -0.25) is 4.79 Å². The summed E-state index contributed by atoms with van der Waals surface area (Å²) in [6.45, 7) is 6.33. The molecule has 1 aromatic rings. The number of amides is 1. The largest absolute Gasteiger partial charge is 0.353 e. The Morgan fingerprint density at radius 3 is 2.79 bits per heavy atom. The molecule has 0 aliphatic carbocycles. The van der Waals surface area contributed by atoms with Gasteiger partial charge in [-0.2, -0.15) is 0 Å². The molecule has 0 unspecified atom stereocenters. The lowest BCUT2D eigenvalue weighted by Crippen LogP contribution is -2.19. The van der Waals surface area contributed by atoms with E-state index >= 15 is 0 Å². The third kappa shape index (κ3) is 3.34. The van der Waals surface area contributed by atoms with Gasteiger partial charge in [0.25, 0.3) is 0 Å². The highest BCUT2D eigenvalue weighted by molar-refractivity contribution is 7.12. The molecule has 0 saturated carbocycles. The van der Waals surface area contributed by atoms with Crippen LogP contribution in [0.2, 0.25) is 0 Å². The molecule has 0 fully saturated rings. The van der Waals surface area contributed by atoms with Gasteiger partial charge in [0.15, 0.2) is 0 Å². The van der Waals surface area contributed by atoms with E-state index in [0.717, 1.165) is 0 Å². The highest BCUT2D eigenvalue weighted by atomic mass is 32.1. The van der Waals surface area contributed by atoms with Crippen molar-refractivity contribution < 1.29 is 4.79 Å². The van der Waals surface area contributed by atoms with Crippen molar-refractivity contribution in [2.75, 3.05) is 6.54 Å². The van der Waals surface area contributed by atoms with Gasteiger partial charge in [0.2, 0.25) is 5.91 Å². The van der Waals surface area contributed by atoms with Crippen molar-refractivity contribution in [2.45, 2.75) is 20.8 Å². The molecule has 76 valence electrons. The fourth-order valence-corrected chi connectivity index (χ4v) is 2.12. The van der Waals surface area contributed by atoms with Crippen LogP contribution in [-0.2, 0) is 4.79 Å². The van der Waals surface area contributed by atoms with Crippen molar-refractivity contribution in [3.05, 3.63) is 27.5 Å². The monoisotopic (exact) mass is 209 g/mol. The predicted molar refractivity (Wildman–Crippen MR) is 61.5 cm³/mol. The molecular formula is C11H15NOS. The van der Waals surface area contributed by atoms with Gasteiger partial charge in [-0.1, -0.05) is 12.2 Å². The maximum atomic E-state index is 10.6. The maximum absolute atomic E-state index is 10.6. The molecule has 0 radical (unpaired) electrons. The number of aryl methyl sites for hydroxylation is 2. The Morgan fingerprint density at radius 2 is 2.29 bits per heavy atom. The van der Waals surface area contributed by atoms with E-state index in [1.807, 2.05) is 6.08 Å². The second-order valence-electron chi connectivity index (χ2n) is 3.21. The van der Waals surface area contributed by atoms with Crippen LogP contribution in [0.3, 0.4) is 0 Å². The van der Waals surface area contributed by atoms with Crippen LogP contribution in [0.5, 0.6) is 0 Å². The number of rotatable bonds is 3. The summed E-state index contributed by atoms with van der Waals surface area (Å²) in [6, 6.07) is 2.16. The molecule has 0 atom stereocenters. The number of hydrogen-bond acceptors (Lipinski definition) is 2. The van der Waals surface area contributed by atoms with Crippen LogP contribution in [0.15, 0.2) is 12.1 Å². The van der Waals surface area contributed by atoms with E-state index in [9.17, 15) is 4.79 Å². The summed E-state index contributed by atoms with van der Waals surface area (Å²) in [7, 11) is 0. The van der Waals surface area contributed by atoms with Crippen molar-refractivity contribution in [3.8, 4) is 0 Å². The Hall–Kier alpha value is -1.09. The molecule has 0 spiro atoms. The molecule has 0 aliphatic rings. The van der Waals surface area contributed by atoms with Crippen molar-refractivity contribution in [1.29, 1.82) is 0 Å². The second-order valence-corrected chi connectivity index (χ2v) is 4.67. The first-order valence-corrected chi connectivity index (χ1v) is 5.39. The highest BCUT2D eigenvalue weighted by Gasteiger charge is 1.97. The molecule has 0 bridgehead atoms. The van der Waals surface area contributed by atoms with Gasteiger partial charge >= 0.3 is 0 Å². The lowest BCUT2D eigenvalue weighted by molar-refractivity contribution is -0.118. The standard InChI is InChI=1S/C11H15NOS/c1-8-7-11(9(2)14-8)5-4-6-12-10(3)13/h4-5,7H,6H2,1-3H3,(H,12,13). The van der Waals surface area contributed by atoms with Crippen LogP contribution < -0.4 is 5.32 Å². The van der Waals surface area contributed by atoms with Crippen molar-refractivity contribution in [3.63, 3.8) is 0 Å². The summed E-state index contributed by atoms with van der Waals surface area (Å²) in [6.07, 6.45) is 4.02. The average molecular weight is 209 g/mol. The summed E-state index contributed by atoms with van der Waals surface area (Å²) < 4.78 is 0. The maximum Gasteiger partial charge on any atom is 0.217 e. The van der Waals surface area contributed by atoms with Gasteiger partial charge in [-0.05, 0) is 25.5 Å². The SMILES string of the molecule is CC(=O)NCC=Cc1cc(C)sc1C. The Kier molecular flexibility index (Phi) is 3.89. The molecule has 1 rings (SSSR count). The normalized spacial score (nSPS) is 10.8. The number of nitrogens with one attached hydrogen (secondary N) is 1. The Labute approximate surface area is 88.6 Å². The lowest BCUT2D eigenvalue weighted by Gasteiger charge is -1.94. The van der Waals surface area contributed by atoms with Crippen LogP contribution in [-0.4, -0.2) is 12.5 Å². The second kappa shape index (κ2) is 4.96. The van der Waals surface area contributed by atoms with E-state index in [2.05, 4.69) is 31.3 Å². The van der Waals surface area contributed by atoms with Crippen LogP contribution in [0.4, 0.5) is 0 Å². The minimum absolute atomic E-state index is 0.00729. The summed E-state index contributed by atoms with van der Waals surface area (Å²) in [5, 5.41) is 2.72. The van der Waals surface area contributed by atoms with Crippen LogP contribution >= 0.6 is 11.3 Å². The van der Waals surface area contributed by atoms with E-state index in [-0.39, 0.29) is 5.91 Å². The molecular weight excluding hydrogens is 194 g/mol. The van der Waals surface area contributed by atoms with E-state index < -0.39 is 0 Å². The first kappa shape index (κ1) is 11.0. The fourth-order valence-electron chi connectivity index (χ4n) is 1.20. The van der Waals surface area contributed by atoms with Gasteiger partial charge < -0.3 is 5.32 Å². The zero-order valence-electron chi connectivity index (χ0n) is 8.76. The molecule has 3 heteroatoms. The smallest absolute Gasteiger partial charge is 0.217 e. The third-order valence-electron chi connectivity index (χ3n) is 1.85. The van der Waals surface area contributed by atoms with Crippen molar-refractivity contribution in [1.82, 2.24) is 5.32 Å². The van der Waals surface area contributed by atoms with E-state index in [1.165, 1.54) is 22.2 Å². The molecule has 0 aromatic carbocycles. The Balaban J connectivity index is 2.51. The van der Waals surface area contributed by atoms with Gasteiger partial charge in [0.1, 0.15) is 0 Å². The summed E-state index contributed by atoms with van der Waals surface area (Å²) in [5.41, 5.74) is 1.25. The number of hydrogen-bond donors (Lipinski definition) is 1. The van der Waals surface area contributed by atoms with Crippen molar-refractivity contribution >= 4 is 23.3 Å².